The Hall–Kier alpha value is -3.46. The normalized spacial score (nSPS) is 10.8. The molecule has 8 nitrogen and oxygen atoms in total. The lowest BCUT2D eigenvalue weighted by molar-refractivity contribution is -0.114. The molecule has 28 heavy (non-hydrogen) atoms. The van der Waals surface area contributed by atoms with Crippen molar-refractivity contribution in [3.05, 3.63) is 66.4 Å². The molecule has 0 spiro atoms. The van der Waals surface area contributed by atoms with Crippen molar-refractivity contribution in [1.29, 1.82) is 0 Å². The van der Waals surface area contributed by atoms with Crippen molar-refractivity contribution in [2.75, 3.05) is 5.32 Å². The van der Waals surface area contributed by atoms with Gasteiger partial charge in [0.05, 0.1) is 11.4 Å². The summed E-state index contributed by atoms with van der Waals surface area (Å²) in [4.78, 5) is 11.3. The van der Waals surface area contributed by atoms with E-state index in [4.69, 9.17) is 4.52 Å². The maximum atomic E-state index is 11.3. The number of hydrogen-bond donors (Lipinski definition) is 1. The third-order valence-corrected chi connectivity index (χ3v) is 4.77. The first-order valence-electron chi connectivity index (χ1n) is 8.49. The molecule has 0 saturated carbocycles. The lowest BCUT2D eigenvalue weighted by Crippen LogP contribution is -2.07. The van der Waals surface area contributed by atoms with E-state index >= 15 is 0 Å². The van der Waals surface area contributed by atoms with Crippen LogP contribution in [0.2, 0.25) is 0 Å². The van der Waals surface area contributed by atoms with Gasteiger partial charge in [0.25, 0.3) is 0 Å². The highest BCUT2D eigenvalue weighted by Gasteiger charge is 2.13. The van der Waals surface area contributed by atoms with Gasteiger partial charge in [0.15, 0.2) is 0 Å². The van der Waals surface area contributed by atoms with Crippen molar-refractivity contribution < 1.29 is 9.32 Å². The Morgan fingerprint density at radius 2 is 2.00 bits per heavy atom. The summed E-state index contributed by atoms with van der Waals surface area (Å²) in [6.45, 7) is 1.46. The number of nitrogens with one attached hydrogen (secondary N) is 1. The highest BCUT2D eigenvalue weighted by molar-refractivity contribution is 7.98. The zero-order valence-electron chi connectivity index (χ0n) is 14.9. The van der Waals surface area contributed by atoms with E-state index in [9.17, 15) is 4.79 Å². The van der Waals surface area contributed by atoms with Crippen LogP contribution in [0.5, 0.6) is 0 Å². The van der Waals surface area contributed by atoms with E-state index in [1.807, 2.05) is 60.7 Å². The minimum Gasteiger partial charge on any atom is -0.360 e. The molecule has 0 radical (unpaired) electrons. The molecule has 9 heteroatoms. The molecule has 0 aliphatic rings. The summed E-state index contributed by atoms with van der Waals surface area (Å²) in [6.07, 6.45) is 0. The van der Waals surface area contributed by atoms with Gasteiger partial charge in [0, 0.05) is 24.2 Å². The van der Waals surface area contributed by atoms with Crippen LogP contribution in [0.1, 0.15) is 12.7 Å². The Labute approximate surface area is 164 Å². The summed E-state index contributed by atoms with van der Waals surface area (Å²) in [5.41, 5.74) is 3.22. The number of carbonyl (C=O) groups excluding carboxylic acids is 1. The van der Waals surface area contributed by atoms with E-state index < -0.39 is 0 Å². The lowest BCUT2D eigenvalue weighted by Gasteiger charge is -2.06. The van der Waals surface area contributed by atoms with E-state index in [1.165, 1.54) is 18.7 Å². The Bertz CT molecular complexity index is 1090. The van der Waals surface area contributed by atoms with Crippen molar-refractivity contribution >= 4 is 23.4 Å². The third-order valence-electron chi connectivity index (χ3n) is 3.82. The number of tetrazole rings is 1. The van der Waals surface area contributed by atoms with Gasteiger partial charge in [0.2, 0.25) is 11.1 Å². The predicted molar refractivity (Wildman–Crippen MR) is 105 cm³/mol. The largest absolute Gasteiger partial charge is 0.360 e. The van der Waals surface area contributed by atoms with Gasteiger partial charge in [-0.2, -0.15) is 4.68 Å². The topological polar surface area (TPSA) is 98.7 Å². The van der Waals surface area contributed by atoms with Crippen LogP contribution in [0.25, 0.3) is 16.9 Å². The van der Waals surface area contributed by atoms with E-state index in [-0.39, 0.29) is 5.91 Å². The first kappa shape index (κ1) is 17.9. The molecule has 0 aliphatic carbocycles. The van der Waals surface area contributed by atoms with Gasteiger partial charge in [0.1, 0.15) is 11.5 Å². The Morgan fingerprint density at radius 3 is 2.82 bits per heavy atom. The quantitative estimate of drug-likeness (QED) is 0.501. The molecule has 4 aromatic rings. The average molecular weight is 392 g/mol. The average Bonchev–Trinajstić information content (AvgIpc) is 3.36. The minimum atomic E-state index is -0.136. The number of anilines is 1. The molecule has 2 heterocycles. The van der Waals surface area contributed by atoms with Crippen LogP contribution in [0.15, 0.2) is 70.3 Å². The lowest BCUT2D eigenvalue weighted by atomic mass is 10.1. The highest BCUT2D eigenvalue weighted by atomic mass is 32.2. The molecule has 1 N–H and O–H groups in total. The van der Waals surface area contributed by atoms with E-state index in [1.54, 1.807) is 4.68 Å². The van der Waals surface area contributed by atoms with Crippen molar-refractivity contribution in [2.24, 2.45) is 0 Å². The fraction of sp³-hybridized carbons (Fsp3) is 0.105. The second-order valence-corrected chi connectivity index (χ2v) is 6.88. The number of carbonyl (C=O) groups is 1. The SMILES string of the molecule is CC(=O)Nc1cccc(-n2nnnc2SCc2cc(-c3ccccc3)no2)c1. The van der Waals surface area contributed by atoms with Gasteiger partial charge in [-0.3, -0.25) is 4.79 Å². The predicted octanol–water partition coefficient (Wildman–Crippen LogP) is 3.57. The zero-order chi connectivity index (χ0) is 19.3. The molecule has 0 fully saturated rings. The minimum absolute atomic E-state index is 0.136. The molecule has 0 atom stereocenters. The molecule has 2 aromatic heterocycles. The molecule has 0 aliphatic heterocycles. The maximum absolute atomic E-state index is 11.3. The first-order valence-corrected chi connectivity index (χ1v) is 9.48. The Balaban J connectivity index is 1.48. The van der Waals surface area contributed by atoms with Gasteiger partial charge in [-0.1, -0.05) is 53.3 Å². The number of aromatic nitrogens is 5. The van der Waals surface area contributed by atoms with Crippen LogP contribution in [0.3, 0.4) is 0 Å². The number of amides is 1. The summed E-state index contributed by atoms with van der Waals surface area (Å²) in [5.74, 6) is 1.12. The highest BCUT2D eigenvalue weighted by Crippen LogP contribution is 2.26. The molecular formula is C19H16N6O2S. The van der Waals surface area contributed by atoms with Crippen molar-refractivity contribution in [3.8, 4) is 16.9 Å². The fourth-order valence-electron chi connectivity index (χ4n) is 2.61. The number of hydrogen-bond acceptors (Lipinski definition) is 7. The van der Waals surface area contributed by atoms with E-state index in [0.29, 0.717) is 16.6 Å². The molecule has 0 saturated heterocycles. The van der Waals surface area contributed by atoms with Gasteiger partial charge in [-0.05, 0) is 28.6 Å². The van der Waals surface area contributed by atoms with Crippen molar-refractivity contribution in [1.82, 2.24) is 25.4 Å². The van der Waals surface area contributed by atoms with Gasteiger partial charge in [-0.25, -0.2) is 0 Å². The third kappa shape index (κ3) is 4.09. The van der Waals surface area contributed by atoms with Crippen LogP contribution in [-0.4, -0.2) is 31.3 Å². The van der Waals surface area contributed by atoms with E-state index in [0.717, 1.165) is 22.7 Å². The summed E-state index contributed by atoms with van der Waals surface area (Å²) >= 11 is 1.44. The van der Waals surface area contributed by atoms with Crippen molar-refractivity contribution in [3.63, 3.8) is 0 Å². The number of thioether (sulfide) groups is 1. The molecule has 140 valence electrons. The first-order chi connectivity index (χ1) is 13.7. The summed E-state index contributed by atoms with van der Waals surface area (Å²) in [7, 11) is 0. The summed E-state index contributed by atoms with van der Waals surface area (Å²) < 4.78 is 7.05. The van der Waals surface area contributed by atoms with Crippen LogP contribution in [0, 0.1) is 0 Å². The summed E-state index contributed by atoms with van der Waals surface area (Å²) in [5, 5.41) is 19.4. The Morgan fingerprint density at radius 1 is 1.14 bits per heavy atom. The second kappa shape index (κ2) is 8.05. The van der Waals surface area contributed by atoms with Crippen molar-refractivity contribution in [2.45, 2.75) is 17.8 Å². The fourth-order valence-corrected chi connectivity index (χ4v) is 3.38. The van der Waals surface area contributed by atoms with E-state index in [2.05, 4.69) is 26.0 Å². The maximum Gasteiger partial charge on any atom is 0.221 e. The van der Waals surface area contributed by atoms with Crippen LogP contribution in [0.4, 0.5) is 5.69 Å². The smallest absolute Gasteiger partial charge is 0.221 e. The monoisotopic (exact) mass is 392 g/mol. The van der Waals surface area contributed by atoms with Crippen LogP contribution >= 0.6 is 11.8 Å². The van der Waals surface area contributed by atoms with Crippen LogP contribution < -0.4 is 5.32 Å². The summed E-state index contributed by atoms with van der Waals surface area (Å²) in [6, 6.07) is 19.1. The molecular weight excluding hydrogens is 376 g/mol. The molecule has 4 rings (SSSR count). The molecule has 0 unspecified atom stereocenters. The zero-order valence-corrected chi connectivity index (χ0v) is 15.8. The second-order valence-electron chi connectivity index (χ2n) is 5.94. The standard InChI is InChI=1S/C19H16N6O2S/c1-13(26)20-15-8-5-9-16(10-15)25-19(21-23-24-25)28-12-17-11-18(22-27-17)14-6-3-2-4-7-14/h2-11H,12H2,1H3,(H,20,26). The number of rotatable bonds is 6. The van der Waals surface area contributed by atoms with Gasteiger partial charge >= 0.3 is 0 Å². The Kier molecular flexibility index (Phi) is 5.16. The van der Waals surface area contributed by atoms with Gasteiger partial charge < -0.3 is 9.84 Å². The van der Waals surface area contributed by atoms with Crippen LogP contribution in [-0.2, 0) is 10.5 Å². The number of benzene rings is 2. The molecule has 2 aromatic carbocycles. The number of nitrogens with zero attached hydrogens (tertiary/aromatic N) is 5. The molecule has 1 amide bonds. The molecule has 0 bridgehead atoms. The van der Waals surface area contributed by atoms with Gasteiger partial charge in [-0.15, -0.1) is 5.10 Å².